The Hall–Kier alpha value is -4.20. The minimum atomic E-state index is -0.436. The van der Waals surface area contributed by atoms with Gasteiger partial charge in [-0.2, -0.15) is 5.10 Å². The molecule has 1 amide bonds. The number of aromatic amines is 1. The molecule has 2 aromatic heterocycles. The van der Waals surface area contributed by atoms with Crippen molar-refractivity contribution >= 4 is 29.0 Å². The van der Waals surface area contributed by atoms with Crippen LogP contribution in [0.3, 0.4) is 0 Å². The fourth-order valence-electron chi connectivity index (χ4n) is 3.74. The SMILES string of the molecule is Cc1ccc2n1-c1cc(C(=O)NN=Cc3c[nH]c4ccc(F)cc34)ccc1C(=O)OC2. The minimum absolute atomic E-state index is 0.165. The van der Waals surface area contributed by atoms with Crippen LogP contribution in [0.4, 0.5) is 4.39 Å². The maximum Gasteiger partial charge on any atom is 0.340 e. The lowest BCUT2D eigenvalue weighted by Gasteiger charge is -2.12. The van der Waals surface area contributed by atoms with Crippen LogP contribution in [0.1, 0.15) is 37.7 Å². The van der Waals surface area contributed by atoms with Crippen molar-refractivity contribution in [2.24, 2.45) is 5.10 Å². The van der Waals surface area contributed by atoms with Crippen LogP contribution in [-0.2, 0) is 11.3 Å². The lowest BCUT2D eigenvalue weighted by atomic mass is 10.1. The molecule has 0 saturated carbocycles. The van der Waals surface area contributed by atoms with Gasteiger partial charge in [0.1, 0.15) is 12.4 Å². The first kappa shape index (κ1) is 18.8. The molecule has 3 heterocycles. The van der Waals surface area contributed by atoms with Crippen molar-refractivity contribution in [3.8, 4) is 5.69 Å². The number of benzene rings is 2. The Balaban J connectivity index is 1.42. The van der Waals surface area contributed by atoms with Crippen molar-refractivity contribution in [3.63, 3.8) is 0 Å². The third-order valence-corrected chi connectivity index (χ3v) is 5.27. The van der Waals surface area contributed by atoms with Gasteiger partial charge in [-0.3, -0.25) is 4.79 Å². The number of ether oxygens (including phenoxy) is 1. The van der Waals surface area contributed by atoms with E-state index in [1.165, 1.54) is 18.3 Å². The Morgan fingerprint density at radius 2 is 2.10 bits per heavy atom. The number of aromatic nitrogens is 2. The average Bonchev–Trinajstić information content (AvgIpc) is 3.30. The van der Waals surface area contributed by atoms with E-state index in [-0.39, 0.29) is 12.4 Å². The zero-order valence-electron chi connectivity index (χ0n) is 16.5. The van der Waals surface area contributed by atoms with Crippen molar-refractivity contribution in [1.82, 2.24) is 15.0 Å². The Kier molecular flexibility index (Phi) is 4.39. The van der Waals surface area contributed by atoms with Crippen LogP contribution in [0.2, 0.25) is 0 Å². The highest BCUT2D eigenvalue weighted by Crippen LogP contribution is 2.26. The number of halogens is 1. The molecule has 0 saturated heterocycles. The molecule has 5 rings (SSSR count). The van der Waals surface area contributed by atoms with Gasteiger partial charge < -0.3 is 14.3 Å². The number of rotatable bonds is 3. The normalized spacial score (nSPS) is 13.0. The lowest BCUT2D eigenvalue weighted by molar-refractivity contribution is 0.0475. The molecule has 1 aliphatic rings. The molecule has 0 radical (unpaired) electrons. The molecule has 0 aliphatic carbocycles. The van der Waals surface area contributed by atoms with Gasteiger partial charge in [0.25, 0.3) is 5.91 Å². The number of fused-ring (bicyclic) bond motifs is 4. The van der Waals surface area contributed by atoms with E-state index >= 15 is 0 Å². The predicted octanol–water partition coefficient (Wildman–Crippen LogP) is 3.84. The van der Waals surface area contributed by atoms with Gasteiger partial charge in [-0.15, -0.1) is 0 Å². The summed E-state index contributed by atoms with van der Waals surface area (Å²) in [7, 11) is 0. The third kappa shape index (κ3) is 3.28. The molecule has 154 valence electrons. The molecular formula is C23H17FN4O3. The van der Waals surface area contributed by atoms with E-state index < -0.39 is 11.9 Å². The van der Waals surface area contributed by atoms with Crippen LogP contribution < -0.4 is 5.43 Å². The standard InChI is InChI=1S/C23H17FN4O3/c1-13-2-5-17-12-31-23(30)18-6-3-14(8-21(18)28(13)17)22(29)27-26-11-15-10-25-20-7-4-16(24)9-19(15)20/h2-11,25H,12H2,1H3,(H,27,29). The first-order chi connectivity index (χ1) is 15.0. The maximum atomic E-state index is 13.5. The number of hydrazone groups is 1. The number of H-pyrrole nitrogens is 1. The number of nitrogens with one attached hydrogen (secondary N) is 2. The predicted molar refractivity (Wildman–Crippen MR) is 113 cm³/mol. The van der Waals surface area contributed by atoms with Gasteiger partial charge in [0.05, 0.1) is 23.2 Å². The fourth-order valence-corrected chi connectivity index (χ4v) is 3.74. The molecule has 1 aliphatic heterocycles. The molecule has 8 heteroatoms. The number of cyclic esters (lactones) is 1. The zero-order valence-corrected chi connectivity index (χ0v) is 16.5. The average molecular weight is 416 g/mol. The number of aryl methyl sites for hydroxylation is 1. The Morgan fingerprint density at radius 3 is 2.97 bits per heavy atom. The molecule has 0 atom stereocenters. The number of hydrogen-bond donors (Lipinski definition) is 2. The molecule has 31 heavy (non-hydrogen) atoms. The van der Waals surface area contributed by atoms with Crippen LogP contribution in [0.5, 0.6) is 0 Å². The molecule has 0 spiro atoms. The first-order valence-electron chi connectivity index (χ1n) is 9.60. The summed E-state index contributed by atoms with van der Waals surface area (Å²) in [6.07, 6.45) is 3.13. The molecular weight excluding hydrogens is 399 g/mol. The second-order valence-corrected chi connectivity index (χ2v) is 7.24. The summed E-state index contributed by atoms with van der Waals surface area (Å²) in [5.41, 5.74) is 6.96. The van der Waals surface area contributed by atoms with Crippen LogP contribution >= 0.6 is 0 Å². The summed E-state index contributed by atoms with van der Waals surface area (Å²) in [6.45, 7) is 2.09. The summed E-state index contributed by atoms with van der Waals surface area (Å²) in [5, 5.41) is 4.67. The minimum Gasteiger partial charge on any atom is -0.456 e. The summed E-state index contributed by atoms with van der Waals surface area (Å²) < 4.78 is 20.7. The first-order valence-corrected chi connectivity index (χ1v) is 9.60. The highest BCUT2D eigenvalue weighted by molar-refractivity contribution is 6.01. The van der Waals surface area contributed by atoms with Crippen LogP contribution in [0, 0.1) is 12.7 Å². The zero-order chi connectivity index (χ0) is 21.5. The van der Waals surface area contributed by atoms with Gasteiger partial charge in [-0.05, 0) is 55.5 Å². The Bertz CT molecular complexity index is 1380. The summed E-state index contributed by atoms with van der Waals surface area (Å²) in [5.74, 6) is -1.22. The van der Waals surface area contributed by atoms with Gasteiger partial charge in [0.2, 0.25) is 0 Å². The van der Waals surface area contributed by atoms with Gasteiger partial charge >= 0.3 is 5.97 Å². The number of esters is 1. The molecule has 4 aromatic rings. The van der Waals surface area contributed by atoms with Crippen LogP contribution in [-0.4, -0.2) is 27.6 Å². The van der Waals surface area contributed by atoms with Crippen molar-refractivity contribution in [2.75, 3.05) is 0 Å². The van der Waals surface area contributed by atoms with Gasteiger partial charge in [-0.25, -0.2) is 14.6 Å². The quantitative estimate of drug-likeness (QED) is 0.302. The number of hydrogen-bond acceptors (Lipinski definition) is 4. The van der Waals surface area contributed by atoms with E-state index in [1.54, 1.807) is 30.5 Å². The van der Waals surface area contributed by atoms with Crippen LogP contribution in [0.15, 0.2) is 59.8 Å². The second-order valence-electron chi connectivity index (χ2n) is 7.24. The summed E-state index contributed by atoms with van der Waals surface area (Å²) in [6, 6.07) is 13.0. The monoisotopic (exact) mass is 416 g/mol. The van der Waals surface area contributed by atoms with E-state index in [0.29, 0.717) is 27.8 Å². The second kappa shape index (κ2) is 7.24. The molecule has 2 aromatic carbocycles. The molecule has 0 fully saturated rings. The van der Waals surface area contributed by atoms with E-state index in [4.69, 9.17) is 4.74 Å². The van der Waals surface area contributed by atoms with Gasteiger partial charge in [-0.1, -0.05) is 0 Å². The van der Waals surface area contributed by atoms with Crippen molar-refractivity contribution in [1.29, 1.82) is 0 Å². The van der Waals surface area contributed by atoms with Crippen molar-refractivity contribution in [3.05, 3.63) is 88.6 Å². The Morgan fingerprint density at radius 1 is 1.23 bits per heavy atom. The highest BCUT2D eigenvalue weighted by Gasteiger charge is 2.23. The van der Waals surface area contributed by atoms with Crippen molar-refractivity contribution in [2.45, 2.75) is 13.5 Å². The van der Waals surface area contributed by atoms with E-state index in [0.717, 1.165) is 16.9 Å². The number of nitrogens with zero attached hydrogens (tertiary/aromatic N) is 2. The van der Waals surface area contributed by atoms with E-state index in [2.05, 4.69) is 15.5 Å². The smallest absolute Gasteiger partial charge is 0.340 e. The molecule has 0 unspecified atom stereocenters. The summed E-state index contributed by atoms with van der Waals surface area (Å²) >= 11 is 0. The largest absolute Gasteiger partial charge is 0.456 e. The van der Waals surface area contributed by atoms with Crippen molar-refractivity contribution < 1.29 is 18.7 Å². The number of carbonyl (C=O) groups excluding carboxylic acids is 2. The fraction of sp³-hybridized carbons (Fsp3) is 0.0870. The van der Waals surface area contributed by atoms with Gasteiger partial charge in [0.15, 0.2) is 0 Å². The Labute approximate surface area is 176 Å². The third-order valence-electron chi connectivity index (χ3n) is 5.27. The lowest BCUT2D eigenvalue weighted by Crippen LogP contribution is -2.18. The number of carbonyl (C=O) groups is 2. The molecule has 2 N–H and O–H groups in total. The van der Waals surface area contributed by atoms with Gasteiger partial charge in [0, 0.05) is 33.9 Å². The summed E-state index contributed by atoms with van der Waals surface area (Å²) in [4.78, 5) is 28.0. The molecule has 7 nitrogen and oxygen atoms in total. The highest BCUT2D eigenvalue weighted by atomic mass is 19.1. The maximum absolute atomic E-state index is 13.5. The molecule has 0 bridgehead atoms. The topological polar surface area (TPSA) is 88.5 Å². The van der Waals surface area contributed by atoms with Crippen LogP contribution in [0.25, 0.3) is 16.6 Å². The number of amides is 1. The van der Waals surface area contributed by atoms with E-state index in [1.807, 2.05) is 23.6 Å². The van der Waals surface area contributed by atoms with E-state index in [9.17, 15) is 14.0 Å².